The number of benzene rings is 2. The van der Waals surface area contributed by atoms with E-state index in [1.165, 1.54) is 55.7 Å². The Morgan fingerprint density at radius 2 is 1.44 bits per heavy atom. The van der Waals surface area contributed by atoms with Crippen LogP contribution in [0.1, 0.15) is 48.9 Å². The molecule has 0 saturated heterocycles. The summed E-state index contributed by atoms with van der Waals surface area (Å²) in [6.45, 7) is 0. The lowest BCUT2D eigenvalue weighted by atomic mass is 9.53. The molecule has 0 atom stereocenters. The molecule has 4 aliphatic rings. The second-order valence-corrected chi connectivity index (χ2v) is 11.3. The van der Waals surface area contributed by atoms with Crippen molar-refractivity contribution in [3.05, 3.63) is 64.2 Å². The Hall–Kier alpha value is -2.78. The number of hydrogen-bond acceptors (Lipinski definition) is 5. The summed E-state index contributed by atoms with van der Waals surface area (Å²) < 4.78 is 29.3. The molecule has 1 amide bonds. The summed E-state index contributed by atoms with van der Waals surface area (Å²) >= 11 is 0. The van der Waals surface area contributed by atoms with Crippen LogP contribution in [0.15, 0.2) is 53.4 Å². The SMILES string of the molecule is O=C(Nc1ccc(S(=O)(=O)NC23CC4CC(CC(C4)C2)C3)cc1)c1ccc([N+](=O)[O-])cc1. The Labute approximate surface area is 186 Å². The van der Waals surface area contributed by atoms with E-state index < -0.39 is 20.9 Å². The largest absolute Gasteiger partial charge is 0.322 e. The van der Waals surface area contributed by atoms with Gasteiger partial charge < -0.3 is 5.32 Å². The Kier molecular flexibility index (Phi) is 5.05. The van der Waals surface area contributed by atoms with Crippen molar-refractivity contribution in [3.63, 3.8) is 0 Å². The number of carbonyl (C=O) groups excluding carboxylic acids is 1. The summed E-state index contributed by atoms with van der Waals surface area (Å²) in [6, 6.07) is 11.4. The maximum atomic E-state index is 13.1. The van der Waals surface area contributed by atoms with Crippen LogP contribution in [0.25, 0.3) is 0 Å². The lowest BCUT2D eigenvalue weighted by Gasteiger charge is -2.56. The number of amides is 1. The predicted octanol–water partition coefficient (Wildman–Crippen LogP) is 4.09. The highest BCUT2D eigenvalue weighted by Crippen LogP contribution is 2.55. The van der Waals surface area contributed by atoms with Crippen LogP contribution in [0.3, 0.4) is 0 Å². The molecule has 2 aromatic carbocycles. The van der Waals surface area contributed by atoms with Crippen LogP contribution in [-0.4, -0.2) is 24.8 Å². The van der Waals surface area contributed by atoms with E-state index in [0.717, 1.165) is 19.3 Å². The minimum Gasteiger partial charge on any atom is -0.322 e. The first-order chi connectivity index (χ1) is 15.2. The standard InChI is InChI=1S/C23H25N3O5S/c27-22(18-1-5-20(6-2-18)26(28)29)24-19-3-7-21(8-4-19)32(30,31)25-23-12-15-9-16(13-23)11-17(10-15)14-23/h1-8,15-17,25H,9-14H2,(H,24,27). The molecule has 0 aliphatic heterocycles. The quantitative estimate of drug-likeness (QED) is 0.502. The molecule has 9 heteroatoms. The van der Waals surface area contributed by atoms with E-state index in [4.69, 9.17) is 0 Å². The van der Waals surface area contributed by atoms with Crippen molar-refractivity contribution in [3.8, 4) is 0 Å². The van der Waals surface area contributed by atoms with Gasteiger partial charge in [0.1, 0.15) is 0 Å². The zero-order valence-corrected chi connectivity index (χ0v) is 18.3. The molecule has 0 spiro atoms. The third-order valence-corrected chi connectivity index (χ3v) is 8.75. The number of anilines is 1. The lowest BCUT2D eigenvalue weighted by molar-refractivity contribution is -0.384. The fraction of sp³-hybridized carbons (Fsp3) is 0.435. The van der Waals surface area contributed by atoms with E-state index >= 15 is 0 Å². The summed E-state index contributed by atoms with van der Waals surface area (Å²) in [4.78, 5) is 22.8. The van der Waals surface area contributed by atoms with Gasteiger partial charge in [0.05, 0.1) is 9.82 Å². The van der Waals surface area contributed by atoms with Gasteiger partial charge in [0.2, 0.25) is 10.0 Å². The van der Waals surface area contributed by atoms with Crippen LogP contribution < -0.4 is 10.0 Å². The second kappa shape index (κ2) is 7.67. The van der Waals surface area contributed by atoms with E-state index in [9.17, 15) is 23.3 Å². The zero-order chi connectivity index (χ0) is 22.5. The van der Waals surface area contributed by atoms with Crippen molar-refractivity contribution in [2.75, 3.05) is 5.32 Å². The molecule has 32 heavy (non-hydrogen) atoms. The average Bonchev–Trinajstić information content (AvgIpc) is 2.72. The third-order valence-electron chi connectivity index (χ3n) is 7.15. The van der Waals surface area contributed by atoms with Crippen molar-refractivity contribution >= 4 is 27.3 Å². The highest BCUT2D eigenvalue weighted by molar-refractivity contribution is 7.89. The molecule has 4 bridgehead atoms. The normalized spacial score (nSPS) is 28.4. The molecular formula is C23H25N3O5S. The Morgan fingerprint density at radius 1 is 0.906 bits per heavy atom. The fourth-order valence-corrected chi connectivity index (χ4v) is 7.67. The van der Waals surface area contributed by atoms with Gasteiger partial charge in [-0.15, -0.1) is 0 Å². The van der Waals surface area contributed by atoms with E-state index in [1.807, 2.05) is 0 Å². The molecule has 2 N–H and O–H groups in total. The Balaban J connectivity index is 1.27. The van der Waals surface area contributed by atoms with Crippen molar-refractivity contribution in [2.45, 2.75) is 49.0 Å². The van der Waals surface area contributed by atoms with Crippen LogP contribution in [0.4, 0.5) is 11.4 Å². The second-order valence-electron chi connectivity index (χ2n) is 9.59. The molecule has 4 aliphatic carbocycles. The van der Waals surface area contributed by atoms with Gasteiger partial charge in [0, 0.05) is 28.9 Å². The maximum Gasteiger partial charge on any atom is 0.269 e. The van der Waals surface area contributed by atoms with Gasteiger partial charge in [-0.1, -0.05) is 0 Å². The molecule has 4 saturated carbocycles. The highest BCUT2D eigenvalue weighted by atomic mass is 32.2. The van der Waals surface area contributed by atoms with Crippen LogP contribution in [0.5, 0.6) is 0 Å². The van der Waals surface area contributed by atoms with Crippen molar-refractivity contribution < 1.29 is 18.1 Å². The minimum absolute atomic E-state index is 0.0948. The first-order valence-corrected chi connectivity index (χ1v) is 12.4. The number of non-ortho nitro benzene ring substituents is 1. The molecule has 0 unspecified atom stereocenters. The Bertz CT molecular complexity index is 1120. The average molecular weight is 456 g/mol. The van der Waals surface area contributed by atoms with Crippen LogP contribution in [-0.2, 0) is 10.0 Å². The van der Waals surface area contributed by atoms with Gasteiger partial charge in [-0.2, -0.15) is 0 Å². The lowest BCUT2D eigenvalue weighted by Crippen LogP contribution is -2.59. The van der Waals surface area contributed by atoms with Gasteiger partial charge in [0.15, 0.2) is 0 Å². The van der Waals surface area contributed by atoms with Gasteiger partial charge in [-0.25, -0.2) is 13.1 Å². The van der Waals surface area contributed by atoms with Crippen molar-refractivity contribution in [2.24, 2.45) is 17.8 Å². The van der Waals surface area contributed by atoms with E-state index in [2.05, 4.69) is 10.0 Å². The first kappa shape index (κ1) is 21.1. The molecule has 0 radical (unpaired) electrons. The third kappa shape index (κ3) is 4.02. The number of nitro benzene ring substituents is 1. The predicted molar refractivity (Wildman–Crippen MR) is 119 cm³/mol. The highest BCUT2D eigenvalue weighted by Gasteiger charge is 2.52. The van der Waals surface area contributed by atoms with Crippen LogP contribution >= 0.6 is 0 Å². The number of carbonyl (C=O) groups is 1. The van der Waals surface area contributed by atoms with Crippen molar-refractivity contribution in [1.82, 2.24) is 4.72 Å². The van der Waals surface area contributed by atoms with Gasteiger partial charge in [-0.05, 0) is 92.7 Å². The van der Waals surface area contributed by atoms with Gasteiger partial charge in [0.25, 0.3) is 11.6 Å². The van der Waals surface area contributed by atoms with Gasteiger partial charge >= 0.3 is 0 Å². The number of sulfonamides is 1. The van der Waals surface area contributed by atoms with Crippen molar-refractivity contribution in [1.29, 1.82) is 0 Å². The molecule has 0 heterocycles. The summed E-state index contributed by atoms with van der Waals surface area (Å²) in [5, 5.41) is 13.4. The Morgan fingerprint density at radius 3 is 1.94 bits per heavy atom. The number of hydrogen-bond donors (Lipinski definition) is 2. The zero-order valence-electron chi connectivity index (χ0n) is 17.5. The number of rotatable bonds is 6. The van der Waals surface area contributed by atoms with E-state index in [1.54, 1.807) is 12.1 Å². The summed E-state index contributed by atoms with van der Waals surface area (Å²) in [5.74, 6) is 1.49. The van der Waals surface area contributed by atoms with Gasteiger partial charge in [-0.3, -0.25) is 14.9 Å². The molecule has 8 nitrogen and oxygen atoms in total. The smallest absolute Gasteiger partial charge is 0.269 e. The van der Waals surface area contributed by atoms with Crippen LogP contribution in [0.2, 0.25) is 0 Å². The summed E-state index contributed by atoms with van der Waals surface area (Å²) in [5.41, 5.74) is 0.316. The molecule has 6 rings (SSSR count). The fourth-order valence-electron chi connectivity index (χ4n) is 6.23. The van der Waals surface area contributed by atoms with E-state index in [0.29, 0.717) is 23.4 Å². The number of nitro groups is 1. The molecule has 2 aromatic rings. The maximum absolute atomic E-state index is 13.1. The molecule has 4 fully saturated rings. The number of nitrogens with zero attached hydrogens (tertiary/aromatic N) is 1. The minimum atomic E-state index is -3.66. The molecule has 168 valence electrons. The molecular weight excluding hydrogens is 430 g/mol. The number of nitrogens with one attached hydrogen (secondary N) is 2. The summed E-state index contributed by atoms with van der Waals surface area (Å²) in [6.07, 6.45) is 6.52. The van der Waals surface area contributed by atoms with E-state index in [-0.39, 0.29) is 21.7 Å². The first-order valence-electron chi connectivity index (χ1n) is 10.9. The summed E-state index contributed by atoms with van der Waals surface area (Å²) in [7, 11) is -3.66. The van der Waals surface area contributed by atoms with Crippen LogP contribution in [0, 0.1) is 27.9 Å². The topological polar surface area (TPSA) is 118 Å². The monoisotopic (exact) mass is 455 g/mol. The molecule has 0 aromatic heterocycles.